The van der Waals surface area contributed by atoms with Gasteiger partial charge in [0.2, 0.25) is 0 Å². The van der Waals surface area contributed by atoms with Crippen LogP contribution in [0.3, 0.4) is 0 Å². The Hall–Kier alpha value is -1.26. The van der Waals surface area contributed by atoms with Crippen LogP contribution in [-0.4, -0.2) is 94.9 Å². The van der Waals surface area contributed by atoms with Gasteiger partial charge in [0.1, 0.15) is 5.75 Å². The van der Waals surface area contributed by atoms with Gasteiger partial charge >= 0.3 is 0 Å². The predicted octanol–water partition coefficient (Wildman–Crippen LogP) is 2.86. The van der Waals surface area contributed by atoms with Crippen molar-refractivity contribution in [2.45, 2.75) is 38.6 Å². The van der Waals surface area contributed by atoms with Gasteiger partial charge in [0, 0.05) is 64.6 Å². The van der Waals surface area contributed by atoms with Crippen LogP contribution < -0.4 is 20.3 Å². The SMILES string of the molecule is CCCN1CCC(NC(=NC)NCCCN2CCN(c3ccc(OC)cc3)CC2)CC1.I. The first kappa shape index (κ1) is 27.0. The van der Waals surface area contributed by atoms with Crippen LogP contribution in [0.5, 0.6) is 5.75 Å². The molecule has 2 heterocycles. The van der Waals surface area contributed by atoms with Gasteiger partial charge in [-0.1, -0.05) is 6.92 Å². The average molecular weight is 559 g/mol. The molecule has 0 unspecified atom stereocenters. The van der Waals surface area contributed by atoms with E-state index in [-0.39, 0.29) is 24.0 Å². The summed E-state index contributed by atoms with van der Waals surface area (Å²) < 4.78 is 5.26. The first-order valence-corrected chi connectivity index (χ1v) is 12.0. The van der Waals surface area contributed by atoms with E-state index < -0.39 is 0 Å². The van der Waals surface area contributed by atoms with Crippen LogP contribution >= 0.6 is 24.0 Å². The number of benzene rings is 1. The largest absolute Gasteiger partial charge is 0.497 e. The molecular formula is C24H43IN6O. The minimum atomic E-state index is 0. The average Bonchev–Trinajstić information content (AvgIpc) is 2.83. The number of anilines is 1. The van der Waals surface area contributed by atoms with E-state index in [9.17, 15) is 0 Å². The van der Waals surface area contributed by atoms with Gasteiger partial charge < -0.3 is 25.2 Å². The minimum Gasteiger partial charge on any atom is -0.497 e. The Bertz CT molecular complexity index is 655. The summed E-state index contributed by atoms with van der Waals surface area (Å²) in [6, 6.07) is 8.95. The molecule has 182 valence electrons. The van der Waals surface area contributed by atoms with E-state index in [1.54, 1.807) is 7.11 Å². The number of methoxy groups -OCH3 is 1. The molecule has 8 heteroatoms. The molecule has 2 N–H and O–H groups in total. The Labute approximate surface area is 212 Å². The van der Waals surface area contributed by atoms with Gasteiger partial charge in [-0.3, -0.25) is 9.89 Å². The van der Waals surface area contributed by atoms with E-state index in [2.05, 4.69) is 49.4 Å². The van der Waals surface area contributed by atoms with Gasteiger partial charge in [0.05, 0.1) is 7.11 Å². The lowest BCUT2D eigenvalue weighted by Gasteiger charge is -2.36. The van der Waals surface area contributed by atoms with Crippen molar-refractivity contribution in [2.75, 3.05) is 78.0 Å². The highest BCUT2D eigenvalue weighted by molar-refractivity contribution is 14.0. The summed E-state index contributed by atoms with van der Waals surface area (Å²) in [5.41, 5.74) is 1.29. The summed E-state index contributed by atoms with van der Waals surface area (Å²) in [4.78, 5) is 12.0. The van der Waals surface area contributed by atoms with Gasteiger partial charge in [-0.05, 0) is 63.0 Å². The van der Waals surface area contributed by atoms with Gasteiger partial charge in [0.15, 0.2) is 5.96 Å². The lowest BCUT2D eigenvalue weighted by molar-refractivity contribution is 0.206. The van der Waals surface area contributed by atoms with Crippen LogP contribution in [0.2, 0.25) is 0 Å². The molecule has 1 aromatic carbocycles. The molecule has 2 aliphatic rings. The molecule has 0 atom stereocenters. The lowest BCUT2D eigenvalue weighted by atomic mass is 10.1. The number of guanidine groups is 1. The topological polar surface area (TPSA) is 55.4 Å². The third-order valence-corrected chi connectivity index (χ3v) is 6.45. The van der Waals surface area contributed by atoms with Crippen molar-refractivity contribution in [1.82, 2.24) is 20.4 Å². The Kier molecular flexibility index (Phi) is 12.5. The number of nitrogens with zero attached hydrogens (tertiary/aromatic N) is 4. The molecule has 2 fully saturated rings. The molecule has 32 heavy (non-hydrogen) atoms. The molecule has 0 aromatic heterocycles. The molecule has 0 aliphatic carbocycles. The second kappa shape index (κ2) is 14.8. The van der Waals surface area contributed by atoms with Crippen molar-refractivity contribution in [2.24, 2.45) is 4.99 Å². The van der Waals surface area contributed by atoms with Crippen molar-refractivity contribution < 1.29 is 4.74 Å². The van der Waals surface area contributed by atoms with Crippen LogP contribution in [0.4, 0.5) is 5.69 Å². The molecule has 7 nitrogen and oxygen atoms in total. The maximum atomic E-state index is 5.26. The van der Waals surface area contributed by atoms with E-state index >= 15 is 0 Å². The summed E-state index contributed by atoms with van der Waals surface area (Å²) in [6.45, 7) is 12.4. The number of hydrogen-bond donors (Lipinski definition) is 2. The van der Waals surface area contributed by atoms with Gasteiger partial charge in [0.25, 0.3) is 0 Å². The lowest BCUT2D eigenvalue weighted by Crippen LogP contribution is -2.49. The zero-order valence-electron chi connectivity index (χ0n) is 20.2. The maximum absolute atomic E-state index is 5.26. The fourth-order valence-electron chi connectivity index (χ4n) is 4.54. The molecule has 0 spiro atoms. The molecular weight excluding hydrogens is 515 g/mol. The zero-order chi connectivity index (χ0) is 21.9. The number of rotatable bonds is 9. The maximum Gasteiger partial charge on any atom is 0.191 e. The smallest absolute Gasteiger partial charge is 0.191 e. The van der Waals surface area contributed by atoms with E-state index in [1.807, 2.05) is 19.2 Å². The molecule has 0 amide bonds. The van der Waals surface area contributed by atoms with Crippen LogP contribution in [-0.2, 0) is 0 Å². The number of piperazine rings is 1. The highest BCUT2D eigenvalue weighted by atomic mass is 127. The number of hydrogen-bond acceptors (Lipinski definition) is 5. The van der Waals surface area contributed by atoms with Crippen LogP contribution in [0.15, 0.2) is 29.3 Å². The van der Waals surface area contributed by atoms with E-state index in [0.29, 0.717) is 6.04 Å². The van der Waals surface area contributed by atoms with E-state index in [0.717, 1.165) is 57.4 Å². The Morgan fingerprint density at radius 1 is 1.00 bits per heavy atom. The summed E-state index contributed by atoms with van der Waals surface area (Å²) in [7, 11) is 3.59. The first-order chi connectivity index (χ1) is 15.2. The number of nitrogens with one attached hydrogen (secondary N) is 2. The second-order valence-electron chi connectivity index (χ2n) is 8.64. The summed E-state index contributed by atoms with van der Waals surface area (Å²) in [5, 5.41) is 7.14. The van der Waals surface area contributed by atoms with E-state index in [4.69, 9.17) is 4.74 Å². The highest BCUT2D eigenvalue weighted by Gasteiger charge is 2.19. The number of aliphatic imine (C=N–C) groups is 1. The summed E-state index contributed by atoms with van der Waals surface area (Å²) >= 11 is 0. The standard InChI is InChI=1S/C24H42N6O.HI/c1-4-13-28-15-10-21(11-16-28)27-24(25-2)26-12-5-14-29-17-19-30(20-18-29)22-6-8-23(31-3)9-7-22;/h6-9,21H,4-5,10-20H2,1-3H3,(H2,25,26,27);1H. The first-order valence-electron chi connectivity index (χ1n) is 12.0. The second-order valence-corrected chi connectivity index (χ2v) is 8.64. The minimum absolute atomic E-state index is 0. The van der Waals surface area contributed by atoms with Gasteiger partial charge in [-0.15, -0.1) is 24.0 Å². The van der Waals surface area contributed by atoms with Gasteiger partial charge in [-0.2, -0.15) is 0 Å². The number of likely N-dealkylation sites (tertiary alicyclic amines) is 1. The Morgan fingerprint density at radius 2 is 1.66 bits per heavy atom. The normalized spacial score (nSPS) is 18.8. The number of halogens is 1. The summed E-state index contributed by atoms with van der Waals surface area (Å²) in [5.74, 6) is 1.87. The van der Waals surface area contributed by atoms with Gasteiger partial charge in [-0.25, -0.2) is 0 Å². The fraction of sp³-hybridized carbons (Fsp3) is 0.708. The molecule has 0 saturated carbocycles. The molecule has 1 aromatic rings. The van der Waals surface area contributed by atoms with Crippen LogP contribution in [0.25, 0.3) is 0 Å². The van der Waals surface area contributed by atoms with Crippen LogP contribution in [0.1, 0.15) is 32.6 Å². The highest BCUT2D eigenvalue weighted by Crippen LogP contribution is 2.20. The Morgan fingerprint density at radius 3 is 2.25 bits per heavy atom. The van der Waals surface area contributed by atoms with Crippen molar-refractivity contribution in [3.8, 4) is 5.75 Å². The third-order valence-electron chi connectivity index (χ3n) is 6.45. The van der Waals surface area contributed by atoms with Crippen molar-refractivity contribution >= 4 is 35.6 Å². The zero-order valence-corrected chi connectivity index (χ0v) is 22.5. The van der Waals surface area contributed by atoms with Crippen LogP contribution in [0, 0.1) is 0 Å². The monoisotopic (exact) mass is 558 g/mol. The quantitative estimate of drug-likeness (QED) is 0.211. The van der Waals surface area contributed by atoms with Crippen molar-refractivity contribution in [1.29, 1.82) is 0 Å². The van der Waals surface area contributed by atoms with Crippen molar-refractivity contribution in [3.05, 3.63) is 24.3 Å². The number of piperidine rings is 1. The molecule has 0 bridgehead atoms. The molecule has 3 rings (SSSR count). The molecule has 0 radical (unpaired) electrons. The predicted molar refractivity (Wildman–Crippen MR) is 146 cm³/mol. The molecule has 2 saturated heterocycles. The summed E-state index contributed by atoms with van der Waals surface area (Å²) in [6.07, 6.45) is 4.80. The number of ether oxygens (including phenoxy) is 1. The molecule has 2 aliphatic heterocycles. The Balaban J connectivity index is 0.00000363. The fourth-order valence-corrected chi connectivity index (χ4v) is 4.54. The van der Waals surface area contributed by atoms with Crippen molar-refractivity contribution in [3.63, 3.8) is 0 Å². The third kappa shape index (κ3) is 8.59. The van der Waals surface area contributed by atoms with E-state index in [1.165, 1.54) is 44.6 Å².